The number of nitrogens with one attached hydrogen (secondary N) is 2. The van der Waals surface area contributed by atoms with Crippen LogP contribution in [0.3, 0.4) is 0 Å². The molecule has 0 aromatic heterocycles. The number of sulfonamides is 1. The van der Waals surface area contributed by atoms with Crippen LogP contribution < -0.4 is 14.8 Å². The second-order valence-corrected chi connectivity index (χ2v) is 9.24. The van der Waals surface area contributed by atoms with Crippen molar-refractivity contribution in [3.05, 3.63) is 82.4 Å². The number of carbonyl (C=O) groups excluding carboxylic acids is 1. The Labute approximate surface area is 187 Å². The molecule has 0 fully saturated rings. The molecule has 31 heavy (non-hydrogen) atoms. The van der Waals surface area contributed by atoms with Gasteiger partial charge in [-0.25, -0.2) is 8.42 Å². The maximum absolute atomic E-state index is 12.7. The van der Waals surface area contributed by atoms with Crippen LogP contribution in [0, 0.1) is 20.8 Å². The summed E-state index contributed by atoms with van der Waals surface area (Å²) in [5.74, 6) is 0.0417. The van der Waals surface area contributed by atoms with Gasteiger partial charge >= 0.3 is 0 Å². The van der Waals surface area contributed by atoms with Crippen molar-refractivity contribution in [1.82, 2.24) is 0 Å². The molecule has 0 saturated heterocycles. The monoisotopic (exact) mass is 458 g/mol. The Hall–Kier alpha value is -3.03. The Morgan fingerprint density at radius 1 is 0.935 bits per heavy atom. The van der Waals surface area contributed by atoms with Crippen molar-refractivity contribution in [1.29, 1.82) is 0 Å². The molecule has 162 valence electrons. The van der Waals surface area contributed by atoms with Crippen molar-refractivity contribution in [3.8, 4) is 5.75 Å². The summed E-state index contributed by atoms with van der Waals surface area (Å²) in [4.78, 5) is 12.2. The zero-order chi connectivity index (χ0) is 22.6. The van der Waals surface area contributed by atoms with E-state index in [1.165, 1.54) is 18.2 Å². The molecule has 3 aromatic carbocycles. The highest BCUT2D eigenvalue weighted by Crippen LogP contribution is 2.25. The number of ether oxygens (including phenoxy) is 1. The molecule has 0 aliphatic heterocycles. The van der Waals surface area contributed by atoms with Crippen molar-refractivity contribution in [2.24, 2.45) is 0 Å². The highest BCUT2D eigenvalue weighted by molar-refractivity contribution is 7.92. The van der Waals surface area contributed by atoms with E-state index in [1.807, 2.05) is 19.9 Å². The summed E-state index contributed by atoms with van der Waals surface area (Å²) in [7, 11) is -3.76. The number of aryl methyl sites for hydroxylation is 3. The fraction of sp³-hybridized carbons (Fsp3) is 0.174. The van der Waals surface area contributed by atoms with E-state index in [-0.39, 0.29) is 17.4 Å². The Kier molecular flexibility index (Phi) is 6.87. The number of halogens is 1. The van der Waals surface area contributed by atoms with Gasteiger partial charge in [0, 0.05) is 5.69 Å². The van der Waals surface area contributed by atoms with Crippen LogP contribution in [0.5, 0.6) is 5.75 Å². The standard InChI is InChI=1S/C23H23ClN2O4S/c1-15-8-9-18(12-16(15)2)26-31(28,29)19-10-11-22(17(3)13-19)30-14-23(27)25-21-7-5-4-6-20(21)24/h4-13,26H,14H2,1-3H3,(H,25,27). The van der Waals surface area contributed by atoms with Gasteiger partial charge in [0.15, 0.2) is 6.61 Å². The highest BCUT2D eigenvalue weighted by atomic mass is 35.5. The molecular weight excluding hydrogens is 436 g/mol. The van der Waals surface area contributed by atoms with Crippen LogP contribution in [0.1, 0.15) is 16.7 Å². The predicted molar refractivity (Wildman–Crippen MR) is 123 cm³/mol. The number of amides is 1. The fourth-order valence-corrected chi connectivity index (χ4v) is 4.18. The summed E-state index contributed by atoms with van der Waals surface area (Å²) < 4.78 is 33.6. The minimum atomic E-state index is -3.76. The molecule has 0 unspecified atom stereocenters. The smallest absolute Gasteiger partial charge is 0.262 e. The van der Waals surface area contributed by atoms with Gasteiger partial charge in [0.2, 0.25) is 0 Å². The zero-order valence-corrected chi connectivity index (χ0v) is 19.0. The lowest BCUT2D eigenvalue weighted by Gasteiger charge is -2.13. The van der Waals surface area contributed by atoms with Crippen molar-refractivity contribution in [2.45, 2.75) is 25.7 Å². The van der Waals surface area contributed by atoms with Gasteiger partial charge in [0.25, 0.3) is 15.9 Å². The normalized spacial score (nSPS) is 11.1. The minimum absolute atomic E-state index is 0.107. The summed E-state index contributed by atoms with van der Waals surface area (Å²) in [5, 5.41) is 3.10. The van der Waals surface area contributed by atoms with Gasteiger partial charge < -0.3 is 10.1 Å². The largest absolute Gasteiger partial charge is 0.483 e. The van der Waals surface area contributed by atoms with Crippen LogP contribution in [-0.4, -0.2) is 20.9 Å². The van der Waals surface area contributed by atoms with Gasteiger partial charge in [-0.05, 0) is 79.9 Å². The zero-order valence-electron chi connectivity index (χ0n) is 17.4. The molecule has 8 heteroatoms. The number of anilines is 2. The molecule has 6 nitrogen and oxygen atoms in total. The second kappa shape index (κ2) is 9.41. The molecule has 0 spiro atoms. The first-order chi connectivity index (χ1) is 14.7. The molecule has 0 atom stereocenters. The van der Waals surface area contributed by atoms with Gasteiger partial charge in [-0.2, -0.15) is 0 Å². The molecule has 2 N–H and O–H groups in total. The van der Waals surface area contributed by atoms with E-state index in [0.29, 0.717) is 27.7 Å². The number of rotatable bonds is 7. The van der Waals surface area contributed by atoms with Gasteiger partial charge in [-0.15, -0.1) is 0 Å². The SMILES string of the molecule is Cc1ccc(NS(=O)(=O)c2ccc(OCC(=O)Nc3ccccc3Cl)c(C)c2)cc1C. The van der Waals surface area contributed by atoms with E-state index < -0.39 is 10.0 Å². The number of carbonyl (C=O) groups is 1. The highest BCUT2D eigenvalue weighted by Gasteiger charge is 2.16. The average Bonchev–Trinajstić information content (AvgIpc) is 2.71. The van der Waals surface area contributed by atoms with Gasteiger partial charge in [-0.1, -0.05) is 29.8 Å². The number of benzene rings is 3. The molecule has 1 amide bonds. The molecule has 0 bridgehead atoms. The molecular formula is C23H23ClN2O4S. The van der Waals surface area contributed by atoms with Crippen LogP contribution in [0.2, 0.25) is 5.02 Å². The topological polar surface area (TPSA) is 84.5 Å². The Bertz CT molecular complexity index is 1230. The lowest BCUT2D eigenvalue weighted by molar-refractivity contribution is -0.118. The summed E-state index contributed by atoms with van der Waals surface area (Å²) in [5.41, 5.74) is 3.66. The first-order valence-electron chi connectivity index (χ1n) is 9.53. The number of hydrogen-bond acceptors (Lipinski definition) is 4. The third-order valence-electron chi connectivity index (χ3n) is 4.72. The maximum Gasteiger partial charge on any atom is 0.262 e. The van der Waals surface area contributed by atoms with E-state index in [2.05, 4.69) is 10.0 Å². The first kappa shape index (κ1) is 22.7. The summed E-state index contributed by atoms with van der Waals surface area (Å²) in [6.45, 7) is 5.37. The van der Waals surface area contributed by atoms with Crippen LogP contribution in [-0.2, 0) is 14.8 Å². The van der Waals surface area contributed by atoms with E-state index in [1.54, 1.807) is 43.3 Å². The van der Waals surface area contributed by atoms with E-state index in [4.69, 9.17) is 16.3 Å². The van der Waals surface area contributed by atoms with Gasteiger partial charge in [-0.3, -0.25) is 9.52 Å². The van der Waals surface area contributed by atoms with Crippen LogP contribution >= 0.6 is 11.6 Å². The second-order valence-electron chi connectivity index (χ2n) is 7.15. The predicted octanol–water partition coefficient (Wildman–Crippen LogP) is 5.08. The lowest BCUT2D eigenvalue weighted by Crippen LogP contribution is -2.20. The lowest BCUT2D eigenvalue weighted by atomic mass is 10.1. The quantitative estimate of drug-likeness (QED) is 0.516. The number of para-hydroxylation sites is 1. The van der Waals surface area contributed by atoms with Crippen LogP contribution in [0.4, 0.5) is 11.4 Å². The van der Waals surface area contributed by atoms with Crippen LogP contribution in [0.15, 0.2) is 65.6 Å². The van der Waals surface area contributed by atoms with Gasteiger partial charge in [0.1, 0.15) is 5.75 Å². The van der Waals surface area contributed by atoms with Gasteiger partial charge in [0.05, 0.1) is 15.6 Å². The van der Waals surface area contributed by atoms with Crippen molar-refractivity contribution >= 4 is 38.9 Å². The van der Waals surface area contributed by atoms with E-state index in [0.717, 1.165) is 11.1 Å². The van der Waals surface area contributed by atoms with Crippen molar-refractivity contribution < 1.29 is 17.9 Å². The molecule has 0 heterocycles. The molecule has 3 aromatic rings. The third-order valence-corrected chi connectivity index (χ3v) is 6.43. The summed E-state index contributed by atoms with van der Waals surface area (Å²) in [6, 6.07) is 16.7. The minimum Gasteiger partial charge on any atom is -0.483 e. The average molecular weight is 459 g/mol. The van der Waals surface area contributed by atoms with Crippen molar-refractivity contribution in [3.63, 3.8) is 0 Å². The number of hydrogen-bond donors (Lipinski definition) is 2. The Morgan fingerprint density at radius 2 is 1.68 bits per heavy atom. The molecule has 0 aliphatic carbocycles. The molecule has 0 radical (unpaired) electrons. The van der Waals surface area contributed by atoms with Crippen molar-refractivity contribution in [2.75, 3.05) is 16.6 Å². The Balaban J connectivity index is 1.67. The molecule has 3 rings (SSSR count). The fourth-order valence-electron chi connectivity index (χ4n) is 2.86. The summed E-state index contributed by atoms with van der Waals surface area (Å²) in [6.07, 6.45) is 0. The maximum atomic E-state index is 12.7. The van der Waals surface area contributed by atoms with E-state index >= 15 is 0 Å². The summed E-state index contributed by atoms with van der Waals surface area (Å²) >= 11 is 6.03. The third kappa shape index (κ3) is 5.77. The first-order valence-corrected chi connectivity index (χ1v) is 11.4. The van der Waals surface area contributed by atoms with E-state index in [9.17, 15) is 13.2 Å². The Morgan fingerprint density at radius 3 is 2.35 bits per heavy atom. The molecule has 0 saturated carbocycles. The van der Waals surface area contributed by atoms with Crippen LogP contribution in [0.25, 0.3) is 0 Å². The molecule has 0 aliphatic rings.